The van der Waals surface area contributed by atoms with Crippen molar-refractivity contribution in [2.24, 2.45) is 10.8 Å². The molecule has 0 saturated heterocycles. The third-order valence-electron chi connectivity index (χ3n) is 5.47. The number of alkyl halides is 3. The molecule has 0 bridgehead atoms. The first kappa shape index (κ1) is 24.2. The number of fused-ring (bicyclic) bond motifs is 1. The molecule has 0 aromatic heterocycles. The Morgan fingerprint density at radius 3 is 1.97 bits per heavy atom. The van der Waals surface area contributed by atoms with Crippen LogP contribution in [0.3, 0.4) is 0 Å². The normalized spacial score (nSPS) is 33.2. The molecule has 3 atom stereocenters. The Hall–Kier alpha value is -1.07. The highest BCUT2D eigenvalue weighted by Gasteiger charge is 2.70. The Morgan fingerprint density at radius 1 is 1.03 bits per heavy atom. The molecule has 0 spiro atoms. The van der Waals surface area contributed by atoms with Crippen molar-refractivity contribution in [3.05, 3.63) is 11.6 Å². The van der Waals surface area contributed by atoms with Gasteiger partial charge in [-0.25, -0.2) is 4.89 Å². The fraction of sp³-hybridized carbons (Fsp3) is 0.789. The van der Waals surface area contributed by atoms with E-state index in [0.29, 0.717) is 0 Å². The molecule has 1 heterocycles. The predicted molar refractivity (Wildman–Crippen MR) is 100 cm³/mol. The molecule has 2 aliphatic rings. The molecule has 1 aliphatic carbocycles. The molecular weight excluding hydrogens is 409 g/mol. The fourth-order valence-electron chi connectivity index (χ4n) is 4.01. The van der Waals surface area contributed by atoms with Gasteiger partial charge in [-0.15, -0.1) is 0 Å². The Morgan fingerprint density at radius 2 is 1.55 bits per heavy atom. The van der Waals surface area contributed by atoms with Crippen molar-refractivity contribution in [1.29, 1.82) is 0 Å². The van der Waals surface area contributed by atoms with Crippen molar-refractivity contribution in [3.63, 3.8) is 0 Å². The summed E-state index contributed by atoms with van der Waals surface area (Å²) < 4.78 is 52.5. The molecule has 166 valence electrons. The highest BCUT2D eigenvalue weighted by atomic mass is 28.4. The van der Waals surface area contributed by atoms with Crippen molar-refractivity contribution in [3.8, 4) is 0 Å². The van der Waals surface area contributed by atoms with E-state index in [1.165, 1.54) is 34.8 Å². The zero-order chi connectivity index (χ0) is 22.8. The number of hydrogen-bond donors (Lipinski definition) is 0. The number of rotatable bonds is 4. The van der Waals surface area contributed by atoms with Gasteiger partial charge in [0.2, 0.25) is 5.79 Å². The summed E-state index contributed by atoms with van der Waals surface area (Å²) in [6, 6.07) is 0. The molecule has 0 aromatic rings. The average Bonchev–Trinajstić information content (AvgIpc) is 2.55. The van der Waals surface area contributed by atoms with Gasteiger partial charge in [-0.1, -0.05) is 0 Å². The van der Waals surface area contributed by atoms with Crippen LogP contribution < -0.4 is 0 Å². The number of carbonyl (C=O) groups excluding carboxylic acids is 2. The van der Waals surface area contributed by atoms with E-state index in [1.54, 1.807) is 19.6 Å². The van der Waals surface area contributed by atoms with Gasteiger partial charge in [0, 0.05) is 7.11 Å². The lowest BCUT2D eigenvalue weighted by Crippen LogP contribution is -2.69. The van der Waals surface area contributed by atoms with E-state index in [9.17, 15) is 22.8 Å². The van der Waals surface area contributed by atoms with Crippen molar-refractivity contribution in [2.75, 3.05) is 7.11 Å². The second-order valence-electron chi connectivity index (χ2n) is 9.79. The van der Waals surface area contributed by atoms with Crippen molar-refractivity contribution in [2.45, 2.75) is 77.9 Å². The SMILES string of the molecule is CO[C@@]12OO[C@](C)([C@@H](O[Si](C)(C)C)C(F)(F)F)C=C1C(=O)C(C)(C)C(=O)C2(C)C. The molecule has 0 N–H and O–H groups in total. The third-order valence-corrected chi connectivity index (χ3v) is 6.41. The van der Waals surface area contributed by atoms with Crippen LogP contribution in [0, 0.1) is 10.8 Å². The Bertz CT molecular complexity index is 752. The molecule has 2 rings (SSSR count). The van der Waals surface area contributed by atoms with Gasteiger partial charge in [0.1, 0.15) is 0 Å². The summed E-state index contributed by atoms with van der Waals surface area (Å²) in [5, 5.41) is 0. The van der Waals surface area contributed by atoms with Crippen LogP contribution in [0.1, 0.15) is 34.6 Å². The molecule has 10 heteroatoms. The van der Waals surface area contributed by atoms with Gasteiger partial charge in [-0.05, 0) is 60.3 Å². The first-order chi connectivity index (χ1) is 12.8. The van der Waals surface area contributed by atoms with Gasteiger partial charge < -0.3 is 9.16 Å². The first-order valence-corrected chi connectivity index (χ1v) is 12.7. The van der Waals surface area contributed by atoms with E-state index in [4.69, 9.17) is 18.9 Å². The number of hydrogen-bond acceptors (Lipinski definition) is 6. The highest BCUT2D eigenvalue weighted by Crippen LogP contribution is 2.55. The third kappa shape index (κ3) is 3.63. The van der Waals surface area contributed by atoms with Crippen molar-refractivity contribution in [1.82, 2.24) is 0 Å². The summed E-state index contributed by atoms with van der Waals surface area (Å²) in [7, 11) is -1.46. The molecule has 6 nitrogen and oxygen atoms in total. The minimum absolute atomic E-state index is 0.184. The number of Topliss-reactive ketones (excluding diaryl/α,β-unsaturated/α-hetero) is 2. The van der Waals surface area contributed by atoms with Crippen molar-refractivity contribution < 1.29 is 41.7 Å². The van der Waals surface area contributed by atoms with E-state index >= 15 is 0 Å². The molecule has 0 unspecified atom stereocenters. The molecular formula is C19H29F3O6Si. The van der Waals surface area contributed by atoms with Crippen LogP contribution in [0.25, 0.3) is 0 Å². The number of halogens is 3. The standard InChI is InChI=1S/C19H29F3O6Si/c1-15(2)12(23)11-10-17(5,14(19(20,21)22)26-29(7,8)9)27-28-18(11,25-6)16(3,4)13(15)24/h10,14H,1-9H3/t14-,17+,18-/m1/s1. The Labute approximate surface area is 169 Å². The highest BCUT2D eigenvalue weighted by molar-refractivity contribution is 6.69. The van der Waals surface area contributed by atoms with Crippen molar-refractivity contribution >= 4 is 19.9 Å². The second kappa shape index (κ2) is 6.71. The van der Waals surface area contributed by atoms with Crippen LogP contribution in [0.4, 0.5) is 13.2 Å². The van der Waals surface area contributed by atoms with Crippen LogP contribution in [0.15, 0.2) is 11.6 Å². The summed E-state index contributed by atoms with van der Waals surface area (Å²) in [5.74, 6) is -3.11. The maximum Gasteiger partial charge on any atom is 0.416 e. The van der Waals surface area contributed by atoms with E-state index < -0.39 is 54.4 Å². The monoisotopic (exact) mass is 438 g/mol. The summed E-state index contributed by atoms with van der Waals surface area (Å²) in [6.07, 6.45) is -6.11. The minimum Gasteiger partial charge on any atom is -0.404 e. The van der Waals surface area contributed by atoms with Crippen LogP contribution in [0.5, 0.6) is 0 Å². The summed E-state index contributed by atoms with van der Waals surface area (Å²) in [6.45, 7) is 11.9. The molecule has 0 aromatic carbocycles. The Kier molecular flexibility index (Phi) is 5.60. The van der Waals surface area contributed by atoms with Gasteiger partial charge in [0.05, 0.1) is 16.4 Å². The lowest BCUT2D eigenvalue weighted by atomic mass is 9.57. The maximum atomic E-state index is 13.9. The molecule has 0 amide bonds. The van der Waals surface area contributed by atoms with E-state index in [2.05, 4.69) is 0 Å². The Balaban J connectivity index is 2.73. The van der Waals surface area contributed by atoms with E-state index in [-0.39, 0.29) is 5.57 Å². The summed E-state index contributed by atoms with van der Waals surface area (Å²) >= 11 is 0. The topological polar surface area (TPSA) is 71.1 Å². The largest absolute Gasteiger partial charge is 0.416 e. The molecule has 0 radical (unpaired) electrons. The number of methoxy groups -OCH3 is 1. The molecule has 1 saturated carbocycles. The average molecular weight is 439 g/mol. The van der Waals surface area contributed by atoms with E-state index in [1.807, 2.05) is 0 Å². The van der Waals surface area contributed by atoms with Gasteiger partial charge in [-0.3, -0.25) is 9.59 Å². The van der Waals surface area contributed by atoms with E-state index in [0.717, 1.165) is 13.0 Å². The summed E-state index contributed by atoms with van der Waals surface area (Å²) in [5.41, 5.74) is -5.21. The van der Waals surface area contributed by atoms with Gasteiger partial charge >= 0.3 is 6.18 Å². The maximum absolute atomic E-state index is 13.9. The van der Waals surface area contributed by atoms with Crippen LogP contribution in [0.2, 0.25) is 19.6 Å². The molecule has 1 fully saturated rings. The first-order valence-electron chi connectivity index (χ1n) is 9.26. The second-order valence-corrected chi connectivity index (χ2v) is 14.2. The lowest BCUT2D eigenvalue weighted by Gasteiger charge is -2.54. The lowest BCUT2D eigenvalue weighted by molar-refractivity contribution is -0.482. The van der Waals surface area contributed by atoms with Gasteiger partial charge in [0.25, 0.3) is 0 Å². The van der Waals surface area contributed by atoms with Gasteiger partial charge in [0.15, 0.2) is 31.6 Å². The smallest absolute Gasteiger partial charge is 0.404 e. The number of ether oxygens (including phenoxy) is 1. The number of carbonyl (C=O) groups is 2. The number of ketones is 2. The minimum atomic E-state index is -4.79. The fourth-order valence-corrected chi connectivity index (χ4v) is 5.08. The quantitative estimate of drug-likeness (QED) is 0.376. The molecule has 1 aliphatic heterocycles. The molecule has 29 heavy (non-hydrogen) atoms. The van der Waals surface area contributed by atoms with Crippen LogP contribution >= 0.6 is 0 Å². The van der Waals surface area contributed by atoms with Crippen LogP contribution in [-0.4, -0.2) is 50.7 Å². The predicted octanol–water partition coefficient (Wildman–Crippen LogP) is 3.96. The zero-order valence-corrected chi connectivity index (χ0v) is 19.2. The summed E-state index contributed by atoms with van der Waals surface area (Å²) in [4.78, 5) is 36.8. The van der Waals surface area contributed by atoms with Gasteiger partial charge in [-0.2, -0.15) is 18.1 Å². The zero-order valence-electron chi connectivity index (χ0n) is 18.2. The van der Waals surface area contributed by atoms with Crippen LogP contribution in [-0.2, 0) is 28.5 Å².